The summed E-state index contributed by atoms with van der Waals surface area (Å²) in [5, 5.41) is 9.07. The highest BCUT2D eigenvalue weighted by molar-refractivity contribution is 7.89. The van der Waals surface area contributed by atoms with E-state index in [-0.39, 0.29) is 17.5 Å². The highest BCUT2D eigenvalue weighted by atomic mass is 32.2. The number of sulfonamides is 1. The van der Waals surface area contributed by atoms with Crippen LogP contribution in [0, 0.1) is 0 Å². The van der Waals surface area contributed by atoms with Crippen molar-refractivity contribution >= 4 is 10.0 Å². The minimum Gasteiger partial charge on any atom is -0.392 e. The van der Waals surface area contributed by atoms with Crippen LogP contribution in [0.5, 0.6) is 0 Å². The summed E-state index contributed by atoms with van der Waals surface area (Å²) in [5.41, 5.74) is 0.608. The van der Waals surface area contributed by atoms with Crippen molar-refractivity contribution in [2.45, 2.75) is 44.7 Å². The second kappa shape index (κ2) is 6.31. The zero-order chi connectivity index (χ0) is 13.8. The van der Waals surface area contributed by atoms with E-state index in [1.165, 1.54) is 10.4 Å². The Morgan fingerprint density at radius 2 is 2.00 bits per heavy atom. The third-order valence-electron chi connectivity index (χ3n) is 2.71. The van der Waals surface area contributed by atoms with Crippen LogP contribution in [0.2, 0.25) is 0 Å². The lowest BCUT2D eigenvalue weighted by atomic mass is 10.2. The minimum absolute atomic E-state index is 0.0762. The number of aliphatic hydroxyl groups excluding tert-OH is 1. The van der Waals surface area contributed by atoms with Crippen molar-refractivity contribution in [2.24, 2.45) is 0 Å². The quantitative estimate of drug-likeness (QED) is 0.861. The molecule has 0 heterocycles. The van der Waals surface area contributed by atoms with Gasteiger partial charge in [-0.2, -0.15) is 4.31 Å². The van der Waals surface area contributed by atoms with E-state index in [0.29, 0.717) is 12.1 Å². The van der Waals surface area contributed by atoms with Gasteiger partial charge in [-0.05, 0) is 38.0 Å². The Kier molecular flexibility index (Phi) is 5.31. The molecule has 0 saturated carbocycles. The second-order valence-corrected chi connectivity index (χ2v) is 6.41. The molecule has 0 spiro atoms. The largest absolute Gasteiger partial charge is 0.392 e. The van der Waals surface area contributed by atoms with Gasteiger partial charge < -0.3 is 5.11 Å². The summed E-state index contributed by atoms with van der Waals surface area (Å²) in [6.45, 7) is 6.03. The number of benzene rings is 1. The van der Waals surface area contributed by atoms with Crippen molar-refractivity contribution in [1.29, 1.82) is 0 Å². The van der Waals surface area contributed by atoms with Crippen molar-refractivity contribution < 1.29 is 13.5 Å². The fourth-order valence-electron chi connectivity index (χ4n) is 1.82. The molecule has 0 amide bonds. The molecular formula is C13H21NO3S. The van der Waals surface area contributed by atoms with Crippen LogP contribution >= 0.6 is 0 Å². The van der Waals surface area contributed by atoms with E-state index in [1.807, 2.05) is 20.8 Å². The third-order valence-corrected chi connectivity index (χ3v) is 4.78. The van der Waals surface area contributed by atoms with Gasteiger partial charge in [0.25, 0.3) is 0 Å². The molecule has 1 N–H and O–H groups in total. The maximum absolute atomic E-state index is 12.5. The Morgan fingerprint density at radius 1 is 1.33 bits per heavy atom. The number of hydrogen-bond donors (Lipinski definition) is 1. The van der Waals surface area contributed by atoms with E-state index in [0.717, 1.165) is 6.42 Å². The molecule has 0 bridgehead atoms. The summed E-state index contributed by atoms with van der Waals surface area (Å²) < 4.78 is 26.4. The van der Waals surface area contributed by atoms with Crippen LogP contribution in [0.15, 0.2) is 29.2 Å². The lowest BCUT2D eigenvalue weighted by Crippen LogP contribution is -2.37. The van der Waals surface area contributed by atoms with Gasteiger partial charge in [-0.3, -0.25) is 0 Å². The molecule has 1 aromatic rings. The normalized spacial score (nSPS) is 12.3. The molecule has 0 aliphatic rings. The third kappa shape index (κ3) is 3.31. The molecule has 0 saturated heterocycles. The predicted molar refractivity (Wildman–Crippen MR) is 71.7 cm³/mol. The van der Waals surface area contributed by atoms with Crippen LogP contribution in [0.25, 0.3) is 0 Å². The number of hydrogen-bond acceptors (Lipinski definition) is 3. The number of aliphatic hydroxyl groups is 1. The predicted octanol–water partition coefficient (Wildman–Crippen LogP) is 1.99. The highest BCUT2D eigenvalue weighted by Crippen LogP contribution is 2.19. The molecule has 0 unspecified atom stereocenters. The lowest BCUT2D eigenvalue weighted by molar-refractivity contribution is 0.281. The Morgan fingerprint density at radius 3 is 2.50 bits per heavy atom. The van der Waals surface area contributed by atoms with E-state index in [9.17, 15) is 8.42 Å². The topological polar surface area (TPSA) is 57.6 Å². The standard InChI is InChI=1S/C13H21NO3S/c1-4-8-14(11(2)3)18(16,17)13-7-5-6-12(9-13)10-15/h5-7,9,11,15H,4,8,10H2,1-3H3. The van der Waals surface area contributed by atoms with E-state index in [2.05, 4.69) is 0 Å². The Hall–Kier alpha value is -0.910. The van der Waals surface area contributed by atoms with Gasteiger partial charge in [0.15, 0.2) is 0 Å². The van der Waals surface area contributed by atoms with Crippen molar-refractivity contribution in [3.8, 4) is 0 Å². The molecule has 18 heavy (non-hydrogen) atoms. The Balaban J connectivity index is 3.17. The zero-order valence-corrected chi connectivity index (χ0v) is 11.9. The molecule has 1 rings (SSSR count). The molecule has 0 radical (unpaired) electrons. The van der Waals surface area contributed by atoms with Crippen LogP contribution in [-0.2, 0) is 16.6 Å². The molecule has 4 nitrogen and oxygen atoms in total. The van der Waals surface area contributed by atoms with Crippen LogP contribution in [0.1, 0.15) is 32.8 Å². The maximum atomic E-state index is 12.5. The molecule has 0 fully saturated rings. The zero-order valence-electron chi connectivity index (χ0n) is 11.1. The number of nitrogens with zero attached hydrogens (tertiary/aromatic N) is 1. The summed E-state index contributed by atoms with van der Waals surface area (Å²) >= 11 is 0. The first-order valence-electron chi connectivity index (χ1n) is 6.15. The van der Waals surface area contributed by atoms with Gasteiger partial charge in [-0.1, -0.05) is 19.1 Å². The van der Waals surface area contributed by atoms with Crippen LogP contribution in [0.3, 0.4) is 0 Å². The smallest absolute Gasteiger partial charge is 0.243 e. The van der Waals surface area contributed by atoms with Gasteiger partial charge in [0, 0.05) is 12.6 Å². The first kappa shape index (κ1) is 15.1. The molecule has 5 heteroatoms. The molecule has 102 valence electrons. The Labute approximate surface area is 109 Å². The van der Waals surface area contributed by atoms with Crippen molar-refractivity contribution in [1.82, 2.24) is 4.31 Å². The Bertz CT molecular complexity index is 483. The van der Waals surface area contributed by atoms with Crippen molar-refractivity contribution in [3.05, 3.63) is 29.8 Å². The van der Waals surface area contributed by atoms with Crippen LogP contribution < -0.4 is 0 Å². The molecule has 0 aliphatic heterocycles. The highest BCUT2D eigenvalue weighted by Gasteiger charge is 2.26. The van der Waals surface area contributed by atoms with Gasteiger partial charge in [-0.25, -0.2) is 8.42 Å². The minimum atomic E-state index is -3.47. The first-order chi connectivity index (χ1) is 8.43. The average Bonchev–Trinajstić information content (AvgIpc) is 2.35. The van der Waals surface area contributed by atoms with E-state index in [4.69, 9.17) is 5.11 Å². The van der Waals surface area contributed by atoms with Gasteiger partial charge in [-0.15, -0.1) is 0 Å². The van der Waals surface area contributed by atoms with Gasteiger partial charge in [0.2, 0.25) is 10.0 Å². The van der Waals surface area contributed by atoms with Crippen LogP contribution in [-0.4, -0.2) is 30.4 Å². The van der Waals surface area contributed by atoms with Gasteiger partial charge in [0.1, 0.15) is 0 Å². The first-order valence-corrected chi connectivity index (χ1v) is 7.59. The monoisotopic (exact) mass is 271 g/mol. The summed E-state index contributed by atoms with van der Waals surface area (Å²) in [6.07, 6.45) is 0.775. The molecule has 0 aromatic heterocycles. The summed E-state index contributed by atoms with van der Waals surface area (Å²) in [6, 6.07) is 6.38. The molecule has 0 atom stereocenters. The summed E-state index contributed by atoms with van der Waals surface area (Å²) in [4.78, 5) is 0.246. The van der Waals surface area contributed by atoms with E-state index < -0.39 is 10.0 Å². The van der Waals surface area contributed by atoms with E-state index in [1.54, 1.807) is 18.2 Å². The lowest BCUT2D eigenvalue weighted by Gasteiger charge is -2.25. The van der Waals surface area contributed by atoms with Crippen molar-refractivity contribution in [3.63, 3.8) is 0 Å². The maximum Gasteiger partial charge on any atom is 0.243 e. The van der Waals surface area contributed by atoms with Crippen molar-refractivity contribution in [2.75, 3.05) is 6.54 Å². The summed E-state index contributed by atoms with van der Waals surface area (Å²) in [7, 11) is -3.47. The van der Waals surface area contributed by atoms with Gasteiger partial charge >= 0.3 is 0 Å². The molecular weight excluding hydrogens is 250 g/mol. The average molecular weight is 271 g/mol. The molecule has 1 aromatic carbocycles. The second-order valence-electron chi connectivity index (χ2n) is 4.52. The van der Waals surface area contributed by atoms with Crippen LogP contribution in [0.4, 0.5) is 0 Å². The van der Waals surface area contributed by atoms with Gasteiger partial charge in [0.05, 0.1) is 11.5 Å². The summed E-state index contributed by atoms with van der Waals surface area (Å²) in [5.74, 6) is 0. The fraction of sp³-hybridized carbons (Fsp3) is 0.538. The SMILES string of the molecule is CCCN(C(C)C)S(=O)(=O)c1cccc(CO)c1. The van der Waals surface area contributed by atoms with E-state index >= 15 is 0 Å². The fourth-order valence-corrected chi connectivity index (χ4v) is 3.62. The number of rotatable bonds is 6. The molecule has 0 aliphatic carbocycles.